The van der Waals surface area contributed by atoms with E-state index in [1.807, 2.05) is 0 Å². The van der Waals surface area contributed by atoms with E-state index >= 15 is 0 Å². The van der Waals surface area contributed by atoms with E-state index in [4.69, 9.17) is 16.6 Å². The molecule has 7 unspecified atom stereocenters. The van der Waals surface area contributed by atoms with Gasteiger partial charge in [0, 0.05) is 61.4 Å². The minimum absolute atomic E-state index is 0.123. The van der Waals surface area contributed by atoms with Crippen molar-refractivity contribution in [3.05, 3.63) is 54.7 Å². The number of nitrogens with zero attached hydrogens (tertiary/aromatic N) is 3. The summed E-state index contributed by atoms with van der Waals surface area (Å²) in [4.78, 5) is 188. The Morgan fingerprint density at radius 1 is 0.475 bits per heavy atom. The number of H-pyrrole nitrogens is 3. The van der Waals surface area contributed by atoms with Gasteiger partial charge in [-0.3, -0.25) is 62.3 Å². The van der Waals surface area contributed by atoms with Crippen molar-refractivity contribution in [3.8, 4) is 0 Å². The van der Waals surface area contributed by atoms with Crippen LogP contribution in [-0.4, -0.2) is 199 Å². The van der Waals surface area contributed by atoms with Gasteiger partial charge in [0.1, 0.15) is 48.8 Å². The van der Waals surface area contributed by atoms with Crippen LogP contribution in [0.3, 0.4) is 0 Å². The van der Waals surface area contributed by atoms with E-state index in [0.717, 1.165) is 0 Å². The summed E-state index contributed by atoms with van der Waals surface area (Å²) in [5.74, 6) is -13.1. The van der Waals surface area contributed by atoms with Gasteiger partial charge in [0.15, 0.2) is 0 Å². The largest absolute Gasteiger partial charge is 0.480 e. The molecule has 0 aromatic carbocycles. The van der Waals surface area contributed by atoms with Gasteiger partial charge in [0.05, 0.1) is 51.8 Å². The summed E-state index contributed by atoms with van der Waals surface area (Å²) < 4.78 is 0. The Bertz CT molecular complexity index is 2590. The lowest BCUT2D eigenvalue weighted by Gasteiger charge is -2.25. The van der Waals surface area contributed by atoms with Crippen molar-refractivity contribution in [1.82, 2.24) is 88.4 Å². The van der Waals surface area contributed by atoms with Gasteiger partial charge in [0.2, 0.25) is 70.9 Å². The summed E-state index contributed by atoms with van der Waals surface area (Å²) in [5, 5.41) is 45.0. The number of carbonyl (C=O) groups excluding carboxylic acids is 12. The number of hydrogen-bond donors (Lipinski definition) is 18. The number of imidazole rings is 3. The fraction of sp³-hybridized carbons (Fsp3) is 0.522. The number of rotatable bonds is 35. The maximum Gasteiger partial charge on any atom is 0.322 e. The van der Waals surface area contributed by atoms with Crippen molar-refractivity contribution >= 4 is 76.9 Å². The number of aromatic amines is 3. The quantitative estimate of drug-likeness (QED) is 0.0260. The van der Waals surface area contributed by atoms with Crippen LogP contribution in [0, 0.1) is 11.8 Å². The van der Waals surface area contributed by atoms with Crippen molar-refractivity contribution in [3.63, 3.8) is 0 Å². The highest BCUT2D eigenvalue weighted by atomic mass is 16.4. The number of nitrogens with two attached hydrogens (primary N) is 2. The number of primary amides is 1. The Hall–Kier alpha value is -9.34. The van der Waals surface area contributed by atoms with Crippen LogP contribution in [0.25, 0.3) is 0 Å². The number of aromatic nitrogens is 6. The van der Waals surface area contributed by atoms with Crippen LogP contribution in [0.5, 0.6) is 0 Å². The normalized spacial score (nSPS) is 13.6. The molecule has 438 valence electrons. The van der Waals surface area contributed by atoms with Gasteiger partial charge in [-0.05, 0) is 18.3 Å². The molecule has 0 aliphatic heterocycles. The first kappa shape index (κ1) is 64.9. The van der Waals surface area contributed by atoms with E-state index in [1.54, 1.807) is 27.7 Å². The van der Waals surface area contributed by atoms with Crippen molar-refractivity contribution in [2.45, 2.75) is 102 Å². The molecular weight excluding hydrogens is 1060 g/mol. The van der Waals surface area contributed by atoms with Gasteiger partial charge in [-0.2, -0.15) is 0 Å². The predicted octanol–water partition coefficient (Wildman–Crippen LogP) is -8.64. The molecule has 0 saturated heterocycles. The number of carbonyl (C=O) groups is 13. The van der Waals surface area contributed by atoms with Crippen LogP contribution in [0.4, 0.5) is 0 Å². The van der Waals surface area contributed by atoms with Crippen LogP contribution in [0.15, 0.2) is 37.6 Å². The van der Waals surface area contributed by atoms with Crippen LogP contribution in [0.1, 0.15) is 57.6 Å². The topological polar surface area (TPSA) is 533 Å². The SMILES string of the molecule is CC(C)C(NC(=O)CN)C(=O)NC(CO)C(=O)NCC(=O)NC(Cc1cnc[nH]1)C(=O)NCC(=O)NC(CCC(N)=O)C(=O)NC(Cc1cnc[nH]1)C(=O)NCC(=O)NC(C(=O)NC(Cc1cnc[nH]1)C(=O)NCC(=O)O)C(C)C. The summed E-state index contributed by atoms with van der Waals surface area (Å²) in [5.41, 5.74) is 11.8. The second-order valence-corrected chi connectivity index (χ2v) is 18.5. The minimum atomic E-state index is -1.57. The first-order chi connectivity index (χ1) is 37.9. The average molecular weight is 1130 g/mol. The molecule has 80 heavy (non-hydrogen) atoms. The summed E-state index contributed by atoms with van der Waals surface area (Å²) in [6, 6.07) is -9.75. The Balaban J connectivity index is 1.67. The van der Waals surface area contributed by atoms with Crippen molar-refractivity contribution < 1.29 is 72.5 Å². The predicted molar refractivity (Wildman–Crippen MR) is 274 cm³/mol. The molecule has 0 aliphatic carbocycles. The fourth-order valence-corrected chi connectivity index (χ4v) is 7.20. The number of carboxylic acids is 1. The molecule has 20 N–H and O–H groups in total. The Kier molecular flexibility index (Phi) is 26.8. The standard InChI is InChI=1S/C46H69N19O15/c1-22(2)38(64-33(68)10-47)46(80)63-31(18-66)43(77)54-15-35(70)60-28(7-24-11-49-19-56-24)40(74)52-14-34(69)59-27(5-6-32(48)67)44(78)61-29(8-25-12-50-20-57-25)41(75)53-16-36(71)65-39(23(3)4)45(79)62-30(9-26-13-51-21-58-26)42(76)55-17-37(72)73/h11-13,19-23,27-31,38-39,66H,5-10,14-18,47H2,1-4H3,(H2,48,67)(H,49,56)(H,50,57)(H,51,58)(H,52,74)(H,53,75)(H,54,77)(H,55,76)(H,59,69)(H,60,70)(H,61,78)(H,62,79)(H,63,80)(H,64,68)(H,65,71)(H,72,73). The number of aliphatic hydroxyl groups excluding tert-OH is 1. The first-order valence-electron chi connectivity index (χ1n) is 24.8. The maximum absolute atomic E-state index is 13.9. The second kappa shape index (κ2) is 33.1. The zero-order chi connectivity index (χ0) is 59.5. The summed E-state index contributed by atoms with van der Waals surface area (Å²) in [7, 11) is 0. The first-order valence-corrected chi connectivity index (χ1v) is 24.8. The molecule has 0 aliphatic rings. The molecule has 0 fully saturated rings. The van der Waals surface area contributed by atoms with E-state index < -0.39 is 183 Å². The zero-order valence-corrected chi connectivity index (χ0v) is 44.1. The van der Waals surface area contributed by atoms with Crippen molar-refractivity contribution in [1.29, 1.82) is 0 Å². The number of nitrogens with one attached hydrogen (secondary N) is 14. The van der Waals surface area contributed by atoms with Crippen molar-refractivity contribution in [2.75, 3.05) is 39.3 Å². The maximum atomic E-state index is 13.9. The molecule has 0 saturated carbocycles. The Morgan fingerprint density at radius 3 is 1.19 bits per heavy atom. The molecule has 12 amide bonds. The highest BCUT2D eigenvalue weighted by molar-refractivity contribution is 5.98. The van der Waals surface area contributed by atoms with Gasteiger partial charge < -0.3 is 95.1 Å². The lowest BCUT2D eigenvalue weighted by molar-refractivity contribution is -0.138. The Labute approximate surface area is 456 Å². The molecule has 7 atom stereocenters. The van der Waals surface area contributed by atoms with E-state index in [1.165, 1.54) is 37.6 Å². The molecule has 34 nitrogen and oxygen atoms in total. The highest BCUT2D eigenvalue weighted by Crippen LogP contribution is 2.08. The minimum Gasteiger partial charge on any atom is -0.480 e. The third-order valence-corrected chi connectivity index (χ3v) is 11.4. The summed E-state index contributed by atoms with van der Waals surface area (Å²) in [6.45, 7) is 2.02. The van der Waals surface area contributed by atoms with Gasteiger partial charge >= 0.3 is 5.97 Å². The van der Waals surface area contributed by atoms with Crippen LogP contribution in [0.2, 0.25) is 0 Å². The number of aliphatic hydroxyl groups is 1. The molecule has 3 aromatic heterocycles. The number of carboxylic acid groups (broad SMARTS) is 1. The third kappa shape index (κ3) is 23.1. The van der Waals surface area contributed by atoms with Gasteiger partial charge in [-0.15, -0.1) is 0 Å². The van der Waals surface area contributed by atoms with Gasteiger partial charge in [0.25, 0.3) is 0 Å². The van der Waals surface area contributed by atoms with Gasteiger partial charge in [-0.25, -0.2) is 15.0 Å². The van der Waals surface area contributed by atoms with E-state index in [9.17, 15) is 67.4 Å². The smallest absolute Gasteiger partial charge is 0.322 e. The molecule has 0 spiro atoms. The average Bonchev–Trinajstić information content (AvgIpc) is 4.25. The molecular formula is C46H69N19O15. The third-order valence-electron chi connectivity index (χ3n) is 11.4. The second-order valence-electron chi connectivity index (χ2n) is 18.5. The molecule has 0 bridgehead atoms. The van der Waals surface area contributed by atoms with Crippen LogP contribution >= 0.6 is 0 Å². The molecule has 34 heteroatoms. The van der Waals surface area contributed by atoms with Gasteiger partial charge in [-0.1, -0.05) is 27.7 Å². The Morgan fingerprint density at radius 2 is 0.825 bits per heavy atom. The van der Waals surface area contributed by atoms with Crippen LogP contribution < -0.4 is 70.0 Å². The molecule has 3 aromatic rings. The molecule has 0 radical (unpaired) electrons. The van der Waals surface area contributed by atoms with E-state index in [0.29, 0.717) is 17.1 Å². The monoisotopic (exact) mass is 1130 g/mol. The highest BCUT2D eigenvalue weighted by Gasteiger charge is 2.33. The van der Waals surface area contributed by atoms with Crippen molar-refractivity contribution in [2.24, 2.45) is 23.3 Å². The number of amides is 12. The fourth-order valence-electron chi connectivity index (χ4n) is 7.20. The number of hydrogen-bond acceptors (Lipinski definition) is 18. The molecule has 3 heterocycles. The summed E-state index contributed by atoms with van der Waals surface area (Å²) >= 11 is 0. The zero-order valence-electron chi connectivity index (χ0n) is 44.1. The van der Waals surface area contributed by atoms with Crippen LogP contribution in [-0.2, 0) is 81.6 Å². The van der Waals surface area contributed by atoms with E-state index in [2.05, 4.69) is 88.4 Å². The summed E-state index contributed by atoms with van der Waals surface area (Å²) in [6.07, 6.45) is 6.53. The number of aliphatic carboxylic acids is 1. The van der Waals surface area contributed by atoms with E-state index in [-0.39, 0.29) is 19.3 Å². The lowest BCUT2D eigenvalue weighted by atomic mass is 10.0. The lowest BCUT2D eigenvalue weighted by Crippen LogP contribution is -2.58. The molecule has 3 rings (SSSR count).